The molecule has 0 bridgehead atoms. The number of nitrogens with zero attached hydrogens (tertiary/aromatic N) is 2. The minimum atomic E-state index is 0.170. The highest BCUT2D eigenvalue weighted by atomic mass is 16.2. The Bertz CT molecular complexity index is 416. The van der Waals surface area contributed by atoms with E-state index in [1.165, 1.54) is 5.56 Å². The molecule has 0 aromatic heterocycles. The number of hydrogen-bond acceptors (Lipinski definition) is 3. The molecule has 2 rings (SSSR count). The van der Waals surface area contributed by atoms with Crippen LogP contribution in [0.1, 0.15) is 18.4 Å². The molecule has 0 radical (unpaired) electrons. The fraction of sp³-hybridized carbons (Fsp3) is 0.500. The number of nitrogens with two attached hydrogens (primary N) is 1. The summed E-state index contributed by atoms with van der Waals surface area (Å²) < 4.78 is 0. The molecule has 1 unspecified atom stereocenters. The van der Waals surface area contributed by atoms with Crippen molar-refractivity contribution in [1.82, 2.24) is 4.90 Å². The van der Waals surface area contributed by atoms with Crippen LogP contribution in [0.15, 0.2) is 24.3 Å². The van der Waals surface area contributed by atoms with E-state index < -0.39 is 0 Å². The van der Waals surface area contributed by atoms with Gasteiger partial charge in [0.15, 0.2) is 0 Å². The van der Waals surface area contributed by atoms with Gasteiger partial charge in [0.2, 0.25) is 5.91 Å². The van der Waals surface area contributed by atoms with Gasteiger partial charge in [0.05, 0.1) is 6.54 Å². The Morgan fingerprint density at radius 2 is 1.94 bits per heavy atom. The zero-order valence-electron chi connectivity index (χ0n) is 11.1. The fourth-order valence-electron chi connectivity index (χ4n) is 2.18. The second-order valence-electron chi connectivity index (χ2n) is 5.01. The van der Waals surface area contributed by atoms with Crippen molar-refractivity contribution in [2.45, 2.75) is 12.8 Å². The highest BCUT2D eigenvalue weighted by molar-refractivity contribution is 5.95. The number of amides is 1. The first-order valence-corrected chi connectivity index (χ1v) is 6.40. The Balaban J connectivity index is 2.12. The Morgan fingerprint density at radius 1 is 1.28 bits per heavy atom. The van der Waals surface area contributed by atoms with Crippen LogP contribution in [0.3, 0.4) is 0 Å². The number of likely N-dealkylation sites (N-methyl/N-ethyl adjacent to an activating group) is 1. The number of carbonyl (C=O) groups is 1. The molecule has 1 saturated heterocycles. The SMILES string of the molecule is CC(CN)c1ccc(N2CCN(C)CC2=O)cc1. The van der Waals surface area contributed by atoms with Crippen molar-refractivity contribution in [3.05, 3.63) is 29.8 Å². The van der Waals surface area contributed by atoms with Gasteiger partial charge in [0.1, 0.15) is 0 Å². The quantitative estimate of drug-likeness (QED) is 0.868. The second kappa shape index (κ2) is 5.50. The fourth-order valence-corrected chi connectivity index (χ4v) is 2.18. The third-order valence-corrected chi connectivity index (χ3v) is 3.54. The van der Waals surface area contributed by atoms with E-state index >= 15 is 0 Å². The minimum absolute atomic E-state index is 0.170. The van der Waals surface area contributed by atoms with Crippen molar-refractivity contribution >= 4 is 11.6 Å². The first-order valence-electron chi connectivity index (χ1n) is 6.40. The molecule has 1 aromatic rings. The van der Waals surface area contributed by atoms with E-state index in [0.29, 0.717) is 19.0 Å². The molecule has 1 aliphatic rings. The molecule has 0 spiro atoms. The number of carbonyl (C=O) groups excluding carboxylic acids is 1. The topological polar surface area (TPSA) is 49.6 Å². The molecule has 98 valence electrons. The molecule has 4 nitrogen and oxygen atoms in total. The molecule has 4 heteroatoms. The molecule has 1 heterocycles. The van der Waals surface area contributed by atoms with Gasteiger partial charge in [-0.3, -0.25) is 9.69 Å². The predicted octanol–water partition coefficient (Wildman–Crippen LogP) is 1.03. The summed E-state index contributed by atoms with van der Waals surface area (Å²) in [5.41, 5.74) is 7.86. The summed E-state index contributed by atoms with van der Waals surface area (Å²) in [6.45, 7) is 4.94. The third kappa shape index (κ3) is 2.71. The normalized spacial score (nSPS) is 19.1. The van der Waals surface area contributed by atoms with E-state index in [0.717, 1.165) is 18.8 Å². The van der Waals surface area contributed by atoms with Crippen LogP contribution in [0.5, 0.6) is 0 Å². The van der Waals surface area contributed by atoms with Gasteiger partial charge < -0.3 is 10.6 Å². The maximum Gasteiger partial charge on any atom is 0.241 e. The molecule has 1 aliphatic heterocycles. The number of rotatable bonds is 3. The number of piperazine rings is 1. The van der Waals surface area contributed by atoms with Gasteiger partial charge in [-0.25, -0.2) is 0 Å². The summed E-state index contributed by atoms with van der Waals surface area (Å²) >= 11 is 0. The van der Waals surface area contributed by atoms with Crippen LogP contribution < -0.4 is 10.6 Å². The highest BCUT2D eigenvalue weighted by Crippen LogP contribution is 2.21. The maximum atomic E-state index is 11.9. The predicted molar refractivity (Wildman–Crippen MR) is 73.8 cm³/mol. The summed E-state index contributed by atoms with van der Waals surface area (Å²) in [4.78, 5) is 15.8. The van der Waals surface area contributed by atoms with Gasteiger partial charge in [-0.2, -0.15) is 0 Å². The number of hydrogen-bond donors (Lipinski definition) is 1. The molecule has 1 fully saturated rings. The molecular weight excluding hydrogens is 226 g/mol. The Hall–Kier alpha value is -1.39. The lowest BCUT2D eigenvalue weighted by atomic mass is 10.0. The minimum Gasteiger partial charge on any atom is -0.330 e. The lowest BCUT2D eigenvalue weighted by molar-refractivity contribution is -0.120. The van der Waals surface area contributed by atoms with Crippen molar-refractivity contribution in [1.29, 1.82) is 0 Å². The van der Waals surface area contributed by atoms with E-state index in [1.807, 2.05) is 29.0 Å². The summed E-state index contributed by atoms with van der Waals surface area (Å²) in [5, 5.41) is 0. The third-order valence-electron chi connectivity index (χ3n) is 3.54. The van der Waals surface area contributed by atoms with Crippen LogP contribution in [0.2, 0.25) is 0 Å². The second-order valence-corrected chi connectivity index (χ2v) is 5.01. The highest BCUT2D eigenvalue weighted by Gasteiger charge is 2.22. The van der Waals surface area contributed by atoms with Crippen LogP contribution >= 0.6 is 0 Å². The van der Waals surface area contributed by atoms with Crippen LogP contribution in [0, 0.1) is 0 Å². The molecule has 1 aromatic carbocycles. The lowest BCUT2D eigenvalue weighted by Crippen LogP contribution is -2.48. The van der Waals surface area contributed by atoms with Crippen molar-refractivity contribution in [2.24, 2.45) is 5.73 Å². The van der Waals surface area contributed by atoms with Crippen molar-refractivity contribution < 1.29 is 4.79 Å². The summed E-state index contributed by atoms with van der Waals surface area (Å²) in [6, 6.07) is 8.17. The van der Waals surface area contributed by atoms with Gasteiger partial charge in [0.25, 0.3) is 0 Å². The molecule has 0 saturated carbocycles. The van der Waals surface area contributed by atoms with E-state index in [9.17, 15) is 4.79 Å². The van der Waals surface area contributed by atoms with Crippen molar-refractivity contribution in [3.8, 4) is 0 Å². The number of anilines is 1. The van der Waals surface area contributed by atoms with E-state index in [-0.39, 0.29) is 5.91 Å². The van der Waals surface area contributed by atoms with Gasteiger partial charge in [-0.1, -0.05) is 19.1 Å². The van der Waals surface area contributed by atoms with Gasteiger partial charge in [-0.15, -0.1) is 0 Å². The lowest BCUT2D eigenvalue weighted by Gasteiger charge is -2.32. The smallest absolute Gasteiger partial charge is 0.241 e. The van der Waals surface area contributed by atoms with Crippen molar-refractivity contribution in [3.63, 3.8) is 0 Å². The first-order chi connectivity index (χ1) is 8.61. The van der Waals surface area contributed by atoms with Crippen LogP contribution in [-0.2, 0) is 4.79 Å². The molecule has 0 aliphatic carbocycles. The summed E-state index contributed by atoms with van der Waals surface area (Å²) in [5.74, 6) is 0.533. The Kier molecular flexibility index (Phi) is 3.99. The van der Waals surface area contributed by atoms with Gasteiger partial charge >= 0.3 is 0 Å². The average molecular weight is 247 g/mol. The van der Waals surface area contributed by atoms with E-state index in [2.05, 4.69) is 19.1 Å². The average Bonchev–Trinajstić information content (AvgIpc) is 2.38. The maximum absolute atomic E-state index is 11.9. The van der Waals surface area contributed by atoms with Crippen LogP contribution in [0.4, 0.5) is 5.69 Å². The summed E-state index contributed by atoms with van der Waals surface area (Å²) in [7, 11) is 1.97. The monoisotopic (exact) mass is 247 g/mol. The zero-order valence-corrected chi connectivity index (χ0v) is 11.1. The van der Waals surface area contributed by atoms with Crippen LogP contribution in [-0.4, -0.2) is 44.0 Å². The molecule has 2 N–H and O–H groups in total. The molecule has 18 heavy (non-hydrogen) atoms. The standard InChI is InChI=1S/C14H21N3O/c1-11(9-15)12-3-5-13(6-4-12)17-8-7-16(2)10-14(17)18/h3-6,11H,7-10,15H2,1-2H3. The van der Waals surface area contributed by atoms with Crippen molar-refractivity contribution in [2.75, 3.05) is 38.1 Å². The Labute approximate surface area is 108 Å². The summed E-state index contributed by atoms with van der Waals surface area (Å²) in [6.07, 6.45) is 0. The number of benzene rings is 1. The van der Waals surface area contributed by atoms with Gasteiger partial charge in [0, 0.05) is 18.8 Å². The molecular formula is C14H21N3O. The van der Waals surface area contributed by atoms with Gasteiger partial charge in [-0.05, 0) is 37.2 Å². The largest absolute Gasteiger partial charge is 0.330 e. The molecule has 1 amide bonds. The zero-order chi connectivity index (χ0) is 13.1. The Morgan fingerprint density at radius 3 is 2.50 bits per heavy atom. The van der Waals surface area contributed by atoms with E-state index in [4.69, 9.17) is 5.73 Å². The van der Waals surface area contributed by atoms with Crippen LogP contribution in [0.25, 0.3) is 0 Å². The molecule has 1 atom stereocenters. The first kappa shape index (κ1) is 13.1. The van der Waals surface area contributed by atoms with E-state index in [1.54, 1.807) is 0 Å².